The van der Waals surface area contributed by atoms with Gasteiger partial charge in [0.25, 0.3) is 0 Å². The third-order valence-corrected chi connectivity index (χ3v) is 28.9. The van der Waals surface area contributed by atoms with Gasteiger partial charge in [0.05, 0.1) is 98.9 Å². The lowest BCUT2D eigenvalue weighted by atomic mass is 9.91. The molecule has 0 amide bonds. The molecule has 604 valence electrons. The molecule has 0 radical (unpaired) electrons. The van der Waals surface area contributed by atoms with Gasteiger partial charge in [-0.25, -0.2) is 29.9 Å². The Labute approximate surface area is 692 Å². The molecule has 118 heavy (non-hydrogen) atoms. The standard InChI is InChI=1S/C22H22N4.C21H21N5.C21H23N3.C20H28N4.C15H19N3/c1-3-18(4-1)25-11-12-26-21-9-7-16(13-20(21)23-22(26)15-25)17-6-8-19-5-2-10-24(19)14-17;1-2-7-19-17(6-1)22-14-26(19)16-8-9-20-18(12-16)23-21-13-24(10-11-25(20)21)15-4-3-5-15;1-15-5-7-16(8-6-15)17-9-10-20-19(13-17)22-21-14-23(11-12-24(20)21)18-3-2-4-18;1-2-9-22(10-3-1)14-16-7-8-19-18(13-16)21-20-15-23(11-12-24(19)20)17-5-4-6-17;1-11-5-6-14-13(9-11)16-15-10-17(7-8-18(14)15)12-3-2-4-12/h2,5-10,13-14,18H,1,3-4,11-12,15H2;1-2,6-9,12,14-15H,3-5,10-11,13H2;5-10,13,18H,2-4,11-12,14H2,1H3;7-8,13,17H,1-6,9-12,14-15H2;5-6,9,12H,2-4,7-8,10H2,1H3. The number of likely N-dealkylation sites (tertiary alicyclic amines) is 1. The lowest BCUT2D eigenvalue weighted by Gasteiger charge is -2.39. The van der Waals surface area contributed by atoms with Crippen LogP contribution in [-0.4, -0.2) is 167 Å². The third-order valence-electron chi connectivity index (χ3n) is 28.9. The highest BCUT2D eigenvalue weighted by Crippen LogP contribution is 2.38. The number of benzene rings is 7. The Morgan fingerprint density at radius 3 is 1.19 bits per heavy atom. The van der Waals surface area contributed by atoms with Crippen LogP contribution in [0.5, 0.6) is 0 Å². The minimum absolute atomic E-state index is 0.788. The maximum absolute atomic E-state index is 5.00. The first kappa shape index (κ1) is 74.2. The zero-order valence-electron chi connectivity index (χ0n) is 69.2. The van der Waals surface area contributed by atoms with Crippen LogP contribution in [0.1, 0.15) is 161 Å². The fourth-order valence-electron chi connectivity index (χ4n) is 20.8. The number of fused-ring (bicyclic) bond motifs is 17. The molecule has 0 bridgehead atoms. The Kier molecular flexibility index (Phi) is 20.0. The predicted molar refractivity (Wildman–Crippen MR) is 474 cm³/mol. The number of hydrogen-bond acceptors (Lipinski definition) is 12. The SMILES string of the molecule is Cc1ccc(-c2ccc3c(c2)nc2n3CCN(C3CCC3)C2)cc1.Cc1ccc2c(c1)nc1n2CCN(C2CCC2)C1.c1cc2c(cc1CN1CCCCC1)nc1n2CCN(C2CCC2)C1.c1cc2ccc(-c3ccc4c(c3)nc3n4CCN(C4CCC4)C3)cn2c1.c1ccc2c(c1)ncn2-c1ccc2c(c1)nc1n2CCN(C2CCC2)C1. The van der Waals surface area contributed by atoms with Crippen LogP contribution in [0.25, 0.3) is 99.7 Å². The number of imidazole rings is 6. The van der Waals surface area contributed by atoms with Crippen molar-refractivity contribution in [3.8, 4) is 27.9 Å². The monoisotopic (exact) mass is 1570 g/mol. The average molecular weight is 1570 g/mol. The number of para-hydroxylation sites is 2. The van der Waals surface area contributed by atoms with Crippen molar-refractivity contribution in [2.75, 3.05) is 45.8 Å². The zero-order chi connectivity index (χ0) is 78.3. The van der Waals surface area contributed by atoms with Crippen molar-refractivity contribution in [2.24, 2.45) is 0 Å². The second-order valence-corrected chi connectivity index (χ2v) is 36.1. The van der Waals surface area contributed by atoms with Crippen LogP contribution >= 0.6 is 0 Å². The van der Waals surface area contributed by atoms with Gasteiger partial charge < -0.3 is 27.2 Å². The Morgan fingerprint density at radius 1 is 0.305 bits per heavy atom. The molecule has 5 saturated carbocycles. The number of piperidine rings is 1. The molecule has 15 aromatic rings. The van der Waals surface area contributed by atoms with Gasteiger partial charge >= 0.3 is 0 Å². The van der Waals surface area contributed by atoms with E-state index in [4.69, 9.17) is 24.9 Å². The van der Waals surface area contributed by atoms with E-state index in [1.807, 2.05) is 12.4 Å². The van der Waals surface area contributed by atoms with Gasteiger partial charge in [0.1, 0.15) is 35.4 Å². The molecule has 6 fully saturated rings. The minimum atomic E-state index is 0.788. The Hall–Kier alpha value is -10.1. The Balaban J connectivity index is 0.0000000894. The van der Waals surface area contributed by atoms with E-state index in [9.17, 15) is 0 Å². The summed E-state index contributed by atoms with van der Waals surface area (Å²) in [6.07, 6.45) is 31.1. The summed E-state index contributed by atoms with van der Waals surface area (Å²) in [6.45, 7) is 24.2. The molecule has 0 spiro atoms. The highest BCUT2D eigenvalue weighted by atomic mass is 15.3. The summed E-state index contributed by atoms with van der Waals surface area (Å²) in [5, 5.41) is 0. The molecule has 0 N–H and O–H groups in total. The quantitative estimate of drug-likeness (QED) is 0.129. The third kappa shape index (κ3) is 14.6. The summed E-state index contributed by atoms with van der Waals surface area (Å²) in [7, 11) is 0. The van der Waals surface area contributed by atoms with Crippen molar-refractivity contribution in [1.82, 2.24) is 91.1 Å². The van der Waals surface area contributed by atoms with Crippen LogP contribution in [0.15, 0.2) is 183 Å². The second-order valence-electron chi connectivity index (χ2n) is 36.1. The lowest BCUT2D eigenvalue weighted by molar-refractivity contribution is 0.0966. The molecule has 7 aromatic carbocycles. The fourth-order valence-corrected chi connectivity index (χ4v) is 20.8. The number of aryl methyl sites for hydroxylation is 2. The molecule has 0 unspecified atom stereocenters. The predicted octanol–water partition coefficient (Wildman–Crippen LogP) is 18.6. The zero-order valence-corrected chi connectivity index (χ0v) is 69.2. The number of pyridine rings is 1. The van der Waals surface area contributed by atoms with Crippen molar-refractivity contribution < 1.29 is 0 Å². The fraction of sp³-hybridized carbons (Fsp3) is 0.434. The first-order chi connectivity index (χ1) is 58.2. The molecule has 11 aliphatic rings. The van der Waals surface area contributed by atoms with Crippen molar-refractivity contribution in [3.63, 3.8) is 0 Å². The van der Waals surface area contributed by atoms with Crippen LogP contribution in [0, 0.1) is 13.8 Å². The van der Waals surface area contributed by atoms with Gasteiger partial charge in [-0.05, 0) is 234 Å². The van der Waals surface area contributed by atoms with E-state index in [1.54, 1.807) is 0 Å². The van der Waals surface area contributed by atoms with Gasteiger partial charge in [-0.15, -0.1) is 0 Å². The number of nitrogens with zero attached hydrogens (tertiary/aromatic N) is 19. The highest BCUT2D eigenvalue weighted by Gasteiger charge is 2.35. The van der Waals surface area contributed by atoms with Gasteiger partial charge in [-0.3, -0.25) is 34.0 Å². The molecule has 19 heteroatoms. The topological polar surface area (TPSA) is 131 Å². The second kappa shape index (κ2) is 31.9. The molecule has 8 aromatic heterocycles. The van der Waals surface area contributed by atoms with Crippen molar-refractivity contribution in [2.45, 2.75) is 232 Å². The van der Waals surface area contributed by atoms with Crippen LogP contribution in [0.3, 0.4) is 0 Å². The van der Waals surface area contributed by atoms with Crippen LogP contribution in [0.2, 0.25) is 0 Å². The van der Waals surface area contributed by atoms with Crippen LogP contribution < -0.4 is 0 Å². The normalized spacial score (nSPS) is 19.8. The maximum atomic E-state index is 5.00. The molecule has 14 heterocycles. The summed E-state index contributed by atoms with van der Waals surface area (Å²) >= 11 is 0. The van der Waals surface area contributed by atoms with Gasteiger partial charge in [-0.1, -0.05) is 111 Å². The minimum Gasteiger partial charge on any atom is -0.326 e. The lowest BCUT2D eigenvalue weighted by Crippen LogP contribution is -2.44. The first-order valence-electron chi connectivity index (χ1n) is 45.1. The summed E-state index contributed by atoms with van der Waals surface area (Å²) < 4.78 is 16.4. The maximum Gasteiger partial charge on any atom is 0.124 e. The summed E-state index contributed by atoms with van der Waals surface area (Å²) in [5.74, 6) is 6.22. The van der Waals surface area contributed by atoms with E-state index in [-0.39, 0.29) is 0 Å². The van der Waals surface area contributed by atoms with E-state index >= 15 is 0 Å². The highest BCUT2D eigenvalue weighted by molar-refractivity contribution is 5.86. The molecular formula is C99H113N19. The van der Waals surface area contributed by atoms with Gasteiger partial charge in [0.15, 0.2) is 0 Å². The van der Waals surface area contributed by atoms with Crippen LogP contribution in [-0.2, 0) is 72.0 Å². The van der Waals surface area contributed by atoms with E-state index in [0.717, 1.165) is 149 Å². The van der Waals surface area contributed by atoms with Crippen molar-refractivity contribution in [3.05, 3.63) is 228 Å². The molecule has 19 nitrogen and oxygen atoms in total. The number of aromatic nitrogens is 13. The number of rotatable bonds is 10. The van der Waals surface area contributed by atoms with Crippen LogP contribution in [0.4, 0.5) is 0 Å². The van der Waals surface area contributed by atoms with Gasteiger partial charge in [0, 0.05) is 126 Å². The summed E-state index contributed by atoms with van der Waals surface area (Å²) in [4.78, 5) is 45.0. The molecule has 26 rings (SSSR count). The average Bonchev–Trinajstić information content (AvgIpc) is 1.63. The van der Waals surface area contributed by atoms with E-state index in [2.05, 4.69) is 250 Å². The van der Waals surface area contributed by atoms with E-state index in [1.165, 1.54) is 260 Å². The van der Waals surface area contributed by atoms with Gasteiger partial charge in [-0.2, -0.15) is 0 Å². The summed E-state index contributed by atoms with van der Waals surface area (Å²) in [6, 6.07) is 63.3. The largest absolute Gasteiger partial charge is 0.326 e. The smallest absolute Gasteiger partial charge is 0.124 e. The van der Waals surface area contributed by atoms with Gasteiger partial charge in [0.2, 0.25) is 0 Å². The van der Waals surface area contributed by atoms with Crippen molar-refractivity contribution >= 4 is 71.7 Å². The molecule has 1 saturated heterocycles. The molecule has 5 aliphatic carbocycles. The first-order valence-corrected chi connectivity index (χ1v) is 45.1. The van der Waals surface area contributed by atoms with E-state index in [0.29, 0.717) is 0 Å². The van der Waals surface area contributed by atoms with E-state index < -0.39 is 0 Å². The molecule has 0 atom stereocenters. The van der Waals surface area contributed by atoms with Crippen molar-refractivity contribution in [1.29, 1.82) is 0 Å². The Morgan fingerprint density at radius 2 is 0.712 bits per heavy atom. The Bertz CT molecular complexity index is 6150. The molecular weight excluding hydrogens is 1460 g/mol. The summed E-state index contributed by atoms with van der Waals surface area (Å²) in [5.41, 5.74) is 25.7. The molecule has 6 aliphatic heterocycles. The number of hydrogen-bond donors (Lipinski definition) is 0.